The van der Waals surface area contributed by atoms with Gasteiger partial charge in [-0.15, -0.1) is 0 Å². The van der Waals surface area contributed by atoms with E-state index in [0.29, 0.717) is 0 Å². The molecule has 0 aliphatic carbocycles. The van der Waals surface area contributed by atoms with E-state index in [1.54, 1.807) is 0 Å². The lowest BCUT2D eigenvalue weighted by Crippen LogP contribution is -1.96. The van der Waals surface area contributed by atoms with E-state index in [4.69, 9.17) is 5.11 Å². The summed E-state index contributed by atoms with van der Waals surface area (Å²) in [5.74, 6) is -1.29. The van der Waals surface area contributed by atoms with Crippen molar-refractivity contribution in [3.63, 3.8) is 0 Å². The van der Waals surface area contributed by atoms with Gasteiger partial charge in [-0.2, -0.15) is 0 Å². The molecule has 0 saturated heterocycles. The van der Waals surface area contributed by atoms with Gasteiger partial charge in [-0.3, -0.25) is 4.79 Å². The Balaban J connectivity index is 4.17. The monoisotopic (exact) mass is 128 g/mol. The van der Waals surface area contributed by atoms with Gasteiger partial charge in [0, 0.05) is 6.08 Å². The van der Waals surface area contributed by atoms with Gasteiger partial charge in [0.25, 0.3) is 0 Å². The van der Waals surface area contributed by atoms with Gasteiger partial charge in [0.05, 0.1) is 0 Å². The fourth-order valence-electron chi connectivity index (χ4n) is 0.287. The summed E-state index contributed by atoms with van der Waals surface area (Å²) < 4.78 is 0. The number of aliphatic carboxylic acids is 1. The van der Waals surface area contributed by atoms with Crippen molar-refractivity contribution in [1.82, 2.24) is 0 Å². The second-order valence-corrected chi connectivity index (χ2v) is 1.72. The Morgan fingerprint density at radius 2 is 1.78 bits per heavy atom. The highest BCUT2D eigenvalue weighted by atomic mass is 16.4. The van der Waals surface area contributed by atoms with Crippen LogP contribution in [0.5, 0.6) is 0 Å². The highest BCUT2D eigenvalue weighted by Gasteiger charge is 1.97. The molecule has 0 saturated carbocycles. The molecule has 0 amide bonds. The number of Topliss-reactive ketones (excluding diaryl/α,β-unsaturated/α-hetero) is 1. The van der Waals surface area contributed by atoms with Crippen LogP contribution in [0.1, 0.15) is 13.8 Å². The maximum absolute atomic E-state index is 10.3. The van der Waals surface area contributed by atoms with Gasteiger partial charge in [0.15, 0.2) is 5.78 Å². The number of allylic oxidation sites excluding steroid dienone is 1. The molecular weight excluding hydrogens is 120 g/mol. The van der Waals surface area contributed by atoms with Crippen molar-refractivity contribution in [2.75, 3.05) is 0 Å². The first-order chi connectivity index (χ1) is 4.04. The lowest BCUT2D eigenvalue weighted by Gasteiger charge is -1.87. The van der Waals surface area contributed by atoms with Crippen LogP contribution in [0.15, 0.2) is 11.6 Å². The highest BCUT2D eigenvalue weighted by Crippen LogP contribution is 1.91. The summed E-state index contributed by atoms with van der Waals surface area (Å²) in [6.45, 7) is 2.80. The van der Waals surface area contributed by atoms with Crippen molar-refractivity contribution in [2.24, 2.45) is 0 Å². The topological polar surface area (TPSA) is 54.4 Å². The van der Waals surface area contributed by atoms with Crippen LogP contribution in [0.25, 0.3) is 0 Å². The van der Waals surface area contributed by atoms with Crippen LogP contribution in [-0.4, -0.2) is 16.9 Å². The zero-order chi connectivity index (χ0) is 7.44. The van der Waals surface area contributed by atoms with Crippen molar-refractivity contribution in [2.45, 2.75) is 13.8 Å². The van der Waals surface area contributed by atoms with E-state index >= 15 is 0 Å². The summed E-state index contributed by atoms with van der Waals surface area (Å²) in [4.78, 5) is 20.2. The minimum absolute atomic E-state index is 0.211. The second kappa shape index (κ2) is 3.02. The zero-order valence-corrected chi connectivity index (χ0v) is 5.34. The summed E-state index contributed by atoms with van der Waals surface area (Å²) in [6.07, 6.45) is 0.891. The quantitative estimate of drug-likeness (QED) is 0.554. The summed E-state index contributed by atoms with van der Waals surface area (Å²) in [5.41, 5.74) is 0.266. The molecule has 0 aliphatic heterocycles. The molecule has 0 aromatic carbocycles. The Kier molecular flexibility index (Phi) is 2.64. The fraction of sp³-hybridized carbons (Fsp3) is 0.333. The summed E-state index contributed by atoms with van der Waals surface area (Å²) in [6, 6.07) is 0. The molecule has 0 radical (unpaired) electrons. The highest BCUT2D eigenvalue weighted by molar-refractivity contribution is 5.98. The smallest absolute Gasteiger partial charge is 0.328 e. The van der Waals surface area contributed by atoms with Crippen LogP contribution in [0.3, 0.4) is 0 Å². The van der Waals surface area contributed by atoms with Gasteiger partial charge in [-0.1, -0.05) is 0 Å². The maximum atomic E-state index is 10.3. The van der Waals surface area contributed by atoms with Gasteiger partial charge >= 0.3 is 5.97 Å². The Labute approximate surface area is 53.0 Å². The number of carbonyl (C=O) groups is 2. The van der Waals surface area contributed by atoms with Crippen LogP contribution in [-0.2, 0) is 9.59 Å². The predicted octanol–water partition coefficient (Wildman–Crippen LogP) is 0.606. The van der Waals surface area contributed by atoms with Gasteiger partial charge in [-0.05, 0) is 19.4 Å². The molecular formula is C6H8O3. The Morgan fingerprint density at radius 3 is 1.89 bits per heavy atom. The van der Waals surface area contributed by atoms with E-state index in [0.717, 1.165) is 6.08 Å². The van der Waals surface area contributed by atoms with E-state index in [1.807, 2.05) is 0 Å². The number of hydrogen-bond donors (Lipinski definition) is 1. The average Bonchev–Trinajstić information content (AvgIpc) is 1.63. The SMILES string of the molecule is CC(=O)/C(C)=C\C(=O)O. The van der Waals surface area contributed by atoms with E-state index in [9.17, 15) is 9.59 Å². The Morgan fingerprint density at radius 1 is 1.33 bits per heavy atom. The molecule has 0 spiro atoms. The molecule has 0 atom stereocenters. The fourth-order valence-corrected chi connectivity index (χ4v) is 0.287. The van der Waals surface area contributed by atoms with Crippen molar-refractivity contribution in [3.05, 3.63) is 11.6 Å². The van der Waals surface area contributed by atoms with Gasteiger partial charge in [0.2, 0.25) is 0 Å². The van der Waals surface area contributed by atoms with E-state index in [1.165, 1.54) is 13.8 Å². The largest absolute Gasteiger partial charge is 0.478 e. The number of carbonyl (C=O) groups excluding carboxylic acids is 1. The third-order valence-corrected chi connectivity index (χ3v) is 0.895. The van der Waals surface area contributed by atoms with Crippen molar-refractivity contribution in [1.29, 1.82) is 0 Å². The molecule has 0 rings (SSSR count). The number of ketones is 1. The number of carboxylic acids is 1. The molecule has 0 fully saturated rings. The molecule has 9 heavy (non-hydrogen) atoms. The van der Waals surface area contributed by atoms with Crippen molar-refractivity contribution in [3.8, 4) is 0 Å². The minimum atomic E-state index is -1.08. The van der Waals surface area contributed by atoms with Gasteiger partial charge < -0.3 is 5.11 Å². The molecule has 0 unspecified atom stereocenters. The van der Waals surface area contributed by atoms with Crippen LogP contribution in [0, 0.1) is 0 Å². The average molecular weight is 128 g/mol. The lowest BCUT2D eigenvalue weighted by atomic mass is 10.2. The van der Waals surface area contributed by atoms with Crippen LogP contribution >= 0.6 is 0 Å². The number of hydrogen-bond acceptors (Lipinski definition) is 2. The standard InChI is InChI=1S/C6H8O3/c1-4(5(2)7)3-6(8)9/h3H,1-2H3,(H,8,9)/b4-3-. The van der Waals surface area contributed by atoms with Crippen molar-refractivity contribution < 1.29 is 14.7 Å². The molecule has 3 heteroatoms. The number of carboxylic acid groups (broad SMARTS) is 1. The summed E-state index contributed by atoms with van der Waals surface area (Å²) in [5, 5.41) is 8.10. The van der Waals surface area contributed by atoms with E-state index < -0.39 is 5.97 Å². The molecule has 3 nitrogen and oxygen atoms in total. The minimum Gasteiger partial charge on any atom is -0.478 e. The Hall–Kier alpha value is -1.12. The zero-order valence-electron chi connectivity index (χ0n) is 5.34. The van der Waals surface area contributed by atoms with Crippen LogP contribution in [0.2, 0.25) is 0 Å². The molecule has 0 aliphatic rings. The van der Waals surface area contributed by atoms with E-state index in [2.05, 4.69) is 0 Å². The molecule has 0 bridgehead atoms. The van der Waals surface area contributed by atoms with Gasteiger partial charge in [0.1, 0.15) is 0 Å². The molecule has 1 N–H and O–H groups in total. The predicted molar refractivity (Wildman–Crippen MR) is 32.1 cm³/mol. The second-order valence-electron chi connectivity index (χ2n) is 1.72. The number of rotatable bonds is 2. The van der Waals surface area contributed by atoms with Gasteiger partial charge in [-0.25, -0.2) is 4.79 Å². The molecule has 50 valence electrons. The molecule has 0 aromatic rings. The van der Waals surface area contributed by atoms with Crippen LogP contribution < -0.4 is 0 Å². The molecule has 0 heterocycles. The first-order valence-corrected chi connectivity index (χ1v) is 2.46. The maximum Gasteiger partial charge on any atom is 0.328 e. The normalized spacial score (nSPS) is 11.1. The third kappa shape index (κ3) is 3.46. The van der Waals surface area contributed by atoms with Crippen LogP contribution in [0.4, 0.5) is 0 Å². The first-order valence-electron chi connectivity index (χ1n) is 2.46. The van der Waals surface area contributed by atoms with E-state index in [-0.39, 0.29) is 11.4 Å². The van der Waals surface area contributed by atoms with Crippen molar-refractivity contribution >= 4 is 11.8 Å². The molecule has 0 aromatic heterocycles. The Bertz CT molecular complexity index is 167. The summed E-state index contributed by atoms with van der Waals surface area (Å²) >= 11 is 0. The lowest BCUT2D eigenvalue weighted by molar-refractivity contribution is -0.131. The third-order valence-electron chi connectivity index (χ3n) is 0.895. The first kappa shape index (κ1) is 7.88. The summed E-state index contributed by atoms with van der Waals surface area (Å²) in [7, 11) is 0.